The van der Waals surface area contributed by atoms with Crippen molar-refractivity contribution in [2.24, 2.45) is 0 Å². The fourth-order valence-electron chi connectivity index (χ4n) is 1.41. The third-order valence-corrected chi connectivity index (χ3v) is 2.72. The van der Waals surface area contributed by atoms with E-state index in [0.29, 0.717) is 18.1 Å². The van der Waals surface area contributed by atoms with Crippen molar-refractivity contribution in [1.29, 1.82) is 0 Å². The number of aromatic nitrogens is 2. The summed E-state index contributed by atoms with van der Waals surface area (Å²) in [5.74, 6) is 0.561. The molecule has 17 heavy (non-hydrogen) atoms. The Morgan fingerprint density at radius 3 is 2.65 bits per heavy atom. The molecule has 2 aromatic rings. The van der Waals surface area contributed by atoms with E-state index in [0.717, 1.165) is 5.56 Å². The molecule has 0 saturated carbocycles. The lowest BCUT2D eigenvalue weighted by molar-refractivity contribution is 1.08. The number of hydrogen-bond acceptors (Lipinski definition) is 4. The highest BCUT2D eigenvalue weighted by Gasteiger charge is 2.04. The van der Waals surface area contributed by atoms with E-state index >= 15 is 0 Å². The van der Waals surface area contributed by atoms with Gasteiger partial charge in [0.2, 0.25) is 0 Å². The second kappa shape index (κ2) is 5.01. The van der Waals surface area contributed by atoms with Crippen molar-refractivity contribution in [2.75, 3.05) is 11.1 Å². The van der Waals surface area contributed by atoms with Gasteiger partial charge >= 0.3 is 0 Å². The van der Waals surface area contributed by atoms with Crippen LogP contribution in [0.15, 0.2) is 30.6 Å². The Balaban J connectivity index is 2.07. The fourth-order valence-corrected chi connectivity index (χ4v) is 1.54. The molecular formula is C12H13ClN4. The first-order valence-electron chi connectivity index (χ1n) is 5.22. The van der Waals surface area contributed by atoms with Crippen LogP contribution in [-0.2, 0) is 6.54 Å². The van der Waals surface area contributed by atoms with E-state index in [2.05, 4.69) is 46.5 Å². The summed E-state index contributed by atoms with van der Waals surface area (Å²) in [7, 11) is 0. The van der Waals surface area contributed by atoms with Gasteiger partial charge in [0.1, 0.15) is 12.0 Å². The van der Waals surface area contributed by atoms with Crippen molar-refractivity contribution < 1.29 is 0 Å². The van der Waals surface area contributed by atoms with Gasteiger partial charge in [-0.2, -0.15) is 0 Å². The number of aryl methyl sites for hydroxylation is 1. The van der Waals surface area contributed by atoms with Crippen molar-refractivity contribution in [2.45, 2.75) is 13.5 Å². The summed E-state index contributed by atoms with van der Waals surface area (Å²) in [4.78, 5) is 7.84. The normalized spacial score (nSPS) is 10.2. The van der Waals surface area contributed by atoms with Gasteiger partial charge in [0.15, 0.2) is 11.0 Å². The number of nitrogens with one attached hydrogen (secondary N) is 1. The van der Waals surface area contributed by atoms with Gasteiger partial charge in [-0.25, -0.2) is 9.97 Å². The van der Waals surface area contributed by atoms with Crippen molar-refractivity contribution in [1.82, 2.24) is 9.97 Å². The number of benzene rings is 1. The van der Waals surface area contributed by atoms with Crippen LogP contribution in [0.4, 0.5) is 11.5 Å². The Bertz CT molecular complexity index is 510. The molecule has 0 saturated heterocycles. The molecule has 1 aromatic carbocycles. The average Bonchev–Trinajstić information content (AvgIpc) is 2.33. The zero-order valence-electron chi connectivity index (χ0n) is 9.44. The lowest BCUT2D eigenvalue weighted by atomic mass is 10.1. The number of anilines is 2. The number of nitrogens with two attached hydrogens (primary N) is 1. The molecule has 0 bridgehead atoms. The molecule has 0 unspecified atom stereocenters. The molecular weight excluding hydrogens is 236 g/mol. The summed E-state index contributed by atoms with van der Waals surface area (Å²) >= 11 is 5.80. The van der Waals surface area contributed by atoms with Crippen LogP contribution in [0.3, 0.4) is 0 Å². The van der Waals surface area contributed by atoms with E-state index in [-0.39, 0.29) is 5.15 Å². The molecule has 4 nitrogen and oxygen atoms in total. The Hall–Kier alpha value is -1.81. The molecule has 0 aliphatic carbocycles. The topological polar surface area (TPSA) is 63.8 Å². The molecule has 1 heterocycles. The van der Waals surface area contributed by atoms with Gasteiger partial charge in [-0.3, -0.25) is 0 Å². The minimum Gasteiger partial charge on any atom is -0.393 e. The highest BCUT2D eigenvalue weighted by Crippen LogP contribution is 2.22. The molecule has 5 heteroatoms. The van der Waals surface area contributed by atoms with Gasteiger partial charge in [0.05, 0.1) is 0 Å². The summed E-state index contributed by atoms with van der Waals surface area (Å²) < 4.78 is 0. The highest BCUT2D eigenvalue weighted by atomic mass is 35.5. The molecule has 3 N–H and O–H groups in total. The van der Waals surface area contributed by atoms with E-state index in [1.807, 2.05) is 0 Å². The standard InChI is InChI=1S/C12H13ClN4/c1-8-2-4-9(5-3-8)6-15-12-10(14)11(13)16-7-17-12/h2-5,7H,6,14H2,1H3,(H,15,16,17). The molecule has 0 fully saturated rings. The van der Waals surface area contributed by atoms with Gasteiger partial charge in [-0.1, -0.05) is 41.4 Å². The van der Waals surface area contributed by atoms with Gasteiger partial charge < -0.3 is 11.1 Å². The number of rotatable bonds is 3. The SMILES string of the molecule is Cc1ccc(CNc2ncnc(Cl)c2N)cc1. The largest absolute Gasteiger partial charge is 0.393 e. The van der Waals surface area contributed by atoms with Crippen LogP contribution in [0, 0.1) is 6.92 Å². The second-order valence-corrected chi connectivity index (χ2v) is 4.12. The van der Waals surface area contributed by atoms with Crippen molar-refractivity contribution in [3.05, 3.63) is 46.9 Å². The van der Waals surface area contributed by atoms with Crippen molar-refractivity contribution in [3.8, 4) is 0 Å². The minimum absolute atomic E-state index is 0.270. The predicted octanol–water partition coefficient (Wildman–Crippen LogP) is 2.63. The lowest BCUT2D eigenvalue weighted by Crippen LogP contribution is -2.05. The summed E-state index contributed by atoms with van der Waals surface area (Å²) in [5.41, 5.74) is 8.52. The van der Waals surface area contributed by atoms with Crippen LogP contribution < -0.4 is 11.1 Å². The van der Waals surface area contributed by atoms with Gasteiger partial charge in [0, 0.05) is 6.54 Å². The second-order valence-electron chi connectivity index (χ2n) is 3.77. The third-order valence-electron chi connectivity index (χ3n) is 2.42. The summed E-state index contributed by atoms with van der Waals surface area (Å²) in [6.45, 7) is 2.71. The average molecular weight is 249 g/mol. The number of halogens is 1. The Labute approximate surface area is 105 Å². The number of nitrogens with zero attached hydrogens (tertiary/aromatic N) is 2. The lowest BCUT2D eigenvalue weighted by Gasteiger charge is -2.08. The minimum atomic E-state index is 0.270. The van der Waals surface area contributed by atoms with Gasteiger partial charge in [-0.05, 0) is 12.5 Å². The van der Waals surface area contributed by atoms with Crippen LogP contribution in [0.1, 0.15) is 11.1 Å². The van der Waals surface area contributed by atoms with Crippen molar-refractivity contribution >= 4 is 23.1 Å². The molecule has 0 aliphatic rings. The zero-order chi connectivity index (χ0) is 12.3. The fraction of sp³-hybridized carbons (Fsp3) is 0.167. The molecule has 0 radical (unpaired) electrons. The first-order valence-corrected chi connectivity index (χ1v) is 5.60. The molecule has 0 amide bonds. The smallest absolute Gasteiger partial charge is 0.157 e. The van der Waals surface area contributed by atoms with Gasteiger partial charge in [0.25, 0.3) is 0 Å². The van der Waals surface area contributed by atoms with E-state index in [9.17, 15) is 0 Å². The van der Waals surface area contributed by atoms with E-state index in [4.69, 9.17) is 17.3 Å². The number of nitrogen functional groups attached to an aromatic ring is 1. The summed E-state index contributed by atoms with van der Waals surface area (Å²) in [5, 5.41) is 3.40. The maximum atomic E-state index is 5.80. The van der Waals surface area contributed by atoms with Gasteiger partial charge in [-0.15, -0.1) is 0 Å². The van der Waals surface area contributed by atoms with Crippen LogP contribution in [0.2, 0.25) is 5.15 Å². The monoisotopic (exact) mass is 248 g/mol. The molecule has 0 aliphatic heterocycles. The van der Waals surface area contributed by atoms with Crippen LogP contribution >= 0.6 is 11.6 Å². The van der Waals surface area contributed by atoms with E-state index in [1.165, 1.54) is 11.9 Å². The first kappa shape index (κ1) is 11.7. The quantitative estimate of drug-likeness (QED) is 0.820. The molecule has 1 aromatic heterocycles. The van der Waals surface area contributed by atoms with Crippen LogP contribution in [-0.4, -0.2) is 9.97 Å². The number of hydrogen-bond donors (Lipinski definition) is 2. The highest BCUT2D eigenvalue weighted by molar-refractivity contribution is 6.32. The van der Waals surface area contributed by atoms with Crippen LogP contribution in [0.25, 0.3) is 0 Å². The third kappa shape index (κ3) is 2.85. The Morgan fingerprint density at radius 2 is 1.94 bits per heavy atom. The molecule has 0 atom stereocenters. The van der Waals surface area contributed by atoms with E-state index in [1.54, 1.807) is 0 Å². The predicted molar refractivity (Wildman–Crippen MR) is 70.0 cm³/mol. The Morgan fingerprint density at radius 1 is 1.24 bits per heavy atom. The van der Waals surface area contributed by atoms with Crippen molar-refractivity contribution in [3.63, 3.8) is 0 Å². The summed E-state index contributed by atoms with van der Waals surface area (Å²) in [6, 6.07) is 8.24. The molecule has 2 rings (SSSR count). The molecule has 88 valence electrons. The Kier molecular flexibility index (Phi) is 3.44. The zero-order valence-corrected chi connectivity index (χ0v) is 10.2. The summed E-state index contributed by atoms with van der Waals surface area (Å²) in [6.07, 6.45) is 1.39. The van der Waals surface area contributed by atoms with E-state index < -0.39 is 0 Å². The maximum Gasteiger partial charge on any atom is 0.157 e. The van der Waals surface area contributed by atoms with Crippen LogP contribution in [0.5, 0.6) is 0 Å². The maximum absolute atomic E-state index is 5.80. The molecule has 0 spiro atoms. The first-order chi connectivity index (χ1) is 8.16.